The van der Waals surface area contributed by atoms with Crippen molar-refractivity contribution in [2.45, 2.75) is 37.8 Å². The molecule has 1 fully saturated rings. The van der Waals surface area contributed by atoms with Crippen molar-refractivity contribution in [2.75, 3.05) is 27.3 Å². The van der Waals surface area contributed by atoms with E-state index in [4.69, 9.17) is 13.9 Å². The first-order valence-corrected chi connectivity index (χ1v) is 12.5. The molecular weight excluding hydrogens is 492 g/mol. The van der Waals surface area contributed by atoms with Crippen LogP contribution in [0.2, 0.25) is 0 Å². The van der Waals surface area contributed by atoms with E-state index in [9.17, 15) is 24.6 Å². The molecule has 10 heteroatoms. The standard InChI is InChI=1S/C28H30N2O8/c1-36-24-7-6-17(9-22(24)31)20(11-26(34)37-2)28-27(35)23(32)10-19(38-28)15-29-12-16-8-18(14-29)21-4-3-5-25(33)30(21)13-16/h3-7,9-10,16,18,20,31,35H,8,11-15H2,1-2H3. The lowest BCUT2D eigenvalue weighted by molar-refractivity contribution is -0.140. The van der Waals surface area contributed by atoms with E-state index in [0.717, 1.165) is 18.7 Å². The molecule has 0 aliphatic carbocycles. The maximum Gasteiger partial charge on any atom is 0.306 e. The number of pyridine rings is 1. The topological polar surface area (TPSA) is 131 Å². The van der Waals surface area contributed by atoms with Gasteiger partial charge in [0.2, 0.25) is 11.2 Å². The van der Waals surface area contributed by atoms with Gasteiger partial charge in [0.05, 0.1) is 33.1 Å². The molecule has 2 aliphatic rings. The van der Waals surface area contributed by atoms with Gasteiger partial charge in [-0.1, -0.05) is 12.1 Å². The first-order chi connectivity index (χ1) is 18.3. The van der Waals surface area contributed by atoms with Crippen LogP contribution >= 0.6 is 0 Å². The first-order valence-electron chi connectivity index (χ1n) is 12.5. The fourth-order valence-corrected chi connectivity index (χ4v) is 5.75. The van der Waals surface area contributed by atoms with Gasteiger partial charge in [0, 0.05) is 43.4 Å². The van der Waals surface area contributed by atoms with Crippen LogP contribution in [0.15, 0.2) is 56.5 Å². The van der Waals surface area contributed by atoms with E-state index in [1.54, 1.807) is 18.2 Å². The summed E-state index contributed by atoms with van der Waals surface area (Å²) >= 11 is 0. The van der Waals surface area contributed by atoms with Crippen molar-refractivity contribution in [1.82, 2.24) is 9.47 Å². The van der Waals surface area contributed by atoms with Gasteiger partial charge in [-0.3, -0.25) is 19.3 Å². The second-order valence-corrected chi connectivity index (χ2v) is 9.95. The summed E-state index contributed by atoms with van der Waals surface area (Å²) in [5.74, 6) is -1.21. The largest absolute Gasteiger partial charge is 0.504 e. The van der Waals surface area contributed by atoms with Crippen molar-refractivity contribution in [1.29, 1.82) is 0 Å². The highest BCUT2D eigenvalue weighted by molar-refractivity contribution is 5.71. The fraction of sp³-hybridized carbons (Fsp3) is 0.393. The number of methoxy groups -OCH3 is 2. The third-order valence-corrected chi connectivity index (χ3v) is 7.45. The summed E-state index contributed by atoms with van der Waals surface area (Å²) < 4.78 is 17.9. The van der Waals surface area contributed by atoms with Gasteiger partial charge in [0.25, 0.3) is 5.56 Å². The number of esters is 1. The normalized spacial score (nSPS) is 19.4. The van der Waals surface area contributed by atoms with Gasteiger partial charge in [-0.2, -0.15) is 0 Å². The number of carbonyl (C=O) groups is 1. The highest BCUT2D eigenvalue weighted by Gasteiger charge is 2.35. The van der Waals surface area contributed by atoms with Gasteiger partial charge in [-0.05, 0) is 36.1 Å². The number of phenolic OH excluding ortho intramolecular Hbond substituents is 1. The Labute approximate surface area is 218 Å². The van der Waals surface area contributed by atoms with Crippen LogP contribution in [0.1, 0.15) is 47.5 Å². The Morgan fingerprint density at radius 1 is 1.11 bits per heavy atom. The maximum absolute atomic E-state index is 12.8. The number of hydrogen-bond donors (Lipinski definition) is 2. The van der Waals surface area contributed by atoms with E-state index in [-0.39, 0.29) is 35.2 Å². The number of nitrogens with zero attached hydrogens (tertiary/aromatic N) is 2. The van der Waals surface area contributed by atoms with E-state index in [1.165, 1.54) is 32.4 Å². The lowest BCUT2D eigenvalue weighted by Crippen LogP contribution is -2.46. The molecule has 3 atom stereocenters. The molecule has 4 heterocycles. The summed E-state index contributed by atoms with van der Waals surface area (Å²) in [6.07, 6.45) is 0.772. The molecule has 0 saturated carbocycles. The predicted molar refractivity (Wildman–Crippen MR) is 137 cm³/mol. The second-order valence-electron chi connectivity index (χ2n) is 9.95. The Morgan fingerprint density at radius 3 is 2.66 bits per heavy atom. The number of rotatable bonds is 7. The zero-order valence-electron chi connectivity index (χ0n) is 21.3. The summed E-state index contributed by atoms with van der Waals surface area (Å²) in [7, 11) is 2.66. The third kappa shape index (κ3) is 4.91. The number of ether oxygens (including phenoxy) is 2. The minimum absolute atomic E-state index is 0.0149. The van der Waals surface area contributed by atoms with Crippen LogP contribution in [0.5, 0.6) is 17.2 Å². The average molecular weight is 523 g/mol. The molecule has 2 N–H and O–H groups in total. The van der Waals surface area contributed by atoms with E-state index >= 15 is 0 Å². The van der Waals surface area contributed by atoms with Crippen LogP contribution in [0.4, 0.5) is 0 Å². The zero-order valence-corrected chi connectivity index (χ0v) is 21.3. The number of hydrogen-bond acceptors (Lipinski definition) is 9. The van der Waals surface area contributed by atoms with E-state index < -0.39 is 23.1 Å². The van der Waals surface area contributed by atoms with E-state index in [0.29, 0.717) is 36.9 Å². The van der Waals surface area contributed by atoms with Crippen molar-refractivity contribution in [3.63, 3.8) is 0 Å². The van der Waals surface area contributed by atoms with Gasteiger partial charge in [-0.25, -0.2) is 0 Å². The number of benzene rings is 1. The van der Waals surface area contributed by atoms with Gasteiger partial charge < -0.3 is 28.7 Å². The molecule has 1 saturated heterocycles. The van der Waals surface area contributed by atoms with Crippen LogP contribution < -0.4 is 15.7 Å². The number of likely N-dealkylation sites (tertiary alicyclic amines) is 1. The maximum atomic E-state index is 12.8. The lowest BCUT2D eigenvalue weighted by Gasteiger charge is -2.42. The number of carbonyl (C=O) groups excluding carboxylic acids is 1. The molecular formula is C28H30N2O8. The molecule has 3 aromatic rings. The molecule has 2 aromatic heterocycles. The minimum atomic E-state index is -0.883. The average Bonchev–Trinajstić information content (AvgIpc) is 2.90. The molecule has 2 bridgehead atoms. The highest BCUT2D eigenvalue weighted by Crippen LogP contribution is 2.38. The summed E-state index contributed by atoms with van der Waals surface area (Å²) in [6.45, 7) is 2.40. The minimum Gasteiger partial charge on any atom is -0.504 e. The Bertz CT molecular complexity index is 1480. The molecule has 0 radical (unpaired) electrons. The van der Waals surface area contributed by atoms with Gasteiger partial charge >= 0.3 is 5.97 Å². The van der Waals surface area contributed by atoms with E-state index in [1.807, 2.05) is 10.6 Å². The molecule has 0 spiro atoms. The monoisotopic (exact) mass is 522 g/mol. The molecule has 3 unspecified atom stereocenters. The van der Waals surface area contributed by atoms with Crippen LogP contribution in [0, 0.1) is 5.92 Å². The van der Waals surface area contributed by atoms with Crippen LogP contribution in [-0.4, -0.2) is 53.0 Å². The molecule has 1 aromatic carbocycles. The van der Waals surface area contributed by atoms with Crippen molar-refractivity contribution >= 4 is 5.97 Å². The number of piperidine rings is 1. The molecule has 200 valence electrons. The van der Waals surface area contributed by atoms with Crippen molar-refractivity contribution in [2.24, 2.45) is 5.92 Å². The highest BCUT2D eigenvalue weighted by atomic mass is 16.5. The quantitative estimate of drug-likeness (QED) is 0.449. The number of aromatic nitrogens is 1. The van der Waals surface area contributed by atoms with Crippen molar-refractivity contribution in [3.05, 3.63) is 85.8 Å². The lowest BCUT2D eigenvalue weighted by atomic mass is 9.83. The molecule has 38 heavy (non-hydrogen) atoms. The summed E-state index contributed by atoms with van der Waals surface area (Å²) in [6, 6.07) is 11.2. The number of aromatic hydroxyl groups is 2. The predicted octanol–water partition coefficient (Wildman–Crippen LogP) is 2.54. The van der Waals surface area contributed by atoms with Crippen LogP contribution in [-0.2, 0) is 22.6 Å². The Hall–Kier alpha value is -4.05. The second kappa shape index (κ2) is 10.4. The van der Waals surface area contributed by atoms with Crippen LogP contribution in [0.3, 0.4) is 0 Å². The Balaban J connectivity index is 1.46. The summed E-state index contributed by atoms with van der Waals surface area (Å²) in [5.41, 5.74) is 0.853. The molecule has 0 amide bonds. The summed E-state index contributed by atoms with van der Waals surface area (Å²) in [4.78, 5) is 39.6. The first kappa shape index (κ1) is 25.6. The van der Waals surface area contributed by atoms with E-state index in [2.05, 4.69) is 4.90 Å². The Morgan fingerprint density at radius 2 is 1.92 bits per heavy atom. The van der Waals surface area contributed by atoms with Crippen molar-refractivity contribution < 1.29 is 28.9 Å². The SMILES string of the molecule is COC(=O)CC(c1ccc(OC)c(O)c1)c1oc(CN2CC3CC(C2)c2cccc(=O)n2C3)cc(=O)c1O. The smallest absolute Gasteiger partial charge is 0.306 e. The third-order valence-electron chi connectivity index (χ3n) is 7.45. The molecule has 5 rings (SSSR count). The number of fused-ring (bicyclic) bond motifs is 4. The van der Waals surface area contributed by atoms with Crippen molar-refractivity contribution in [3.8, 4) is 17.2 Å². The zero-order chi connectivity index (χ0) is 27.0. The molecule has 2 aliphatic heterocycles. The Kier molecular flexibility index (Phi) is 6.98. The fourth-order valence-electron chi connectivity index (χ4n) is 5.75. The van der Waals surface area contributed by atoms with Gasteiger partial charge in [0.15, 0.2) is 17.3 Å². The summed E-state index contributed by atoms with van der Waals surface area (Å²) in [5, 5.41) is 21.0. The van der Waals surface area contributed by atoms with Gasteiger partial charge in [0.1, 0.15) is 5.76 Å². The van der Waals surface area contributed by atoms with Gasteiger partial charge in [-0.15, -0.1) is 0 Å². The number of phenols is 1. The van der Waals surface area contributed by atoms with Crippen LogP contribution in [0.25, 0.3) is 0 Å². The molecule has 10 nitrogen and oxygen atoms in total.